The Morgan fingerprint density at radius 1 is 1.16 bits per heavy atom. The molecule has 0 aromatic carbocycles. The summed E-state index contributed by atoms with van der Waals surface area (Å²) in [7, 11) is 2.06. The summed E-state index contributed by atoms with van der Waals surface area (Å²) < 4.78 is 6.14. The highest BCUT2D eigenvalue weighted by Gasteiger charge is 2.30. The third-order valence-electron chi connectivity index (χ3n) is 6.33. The molecule has 0 atom stereocenters. The second-order valence-electron chi connectivity index (χ2n) is 8.33. The van der Waals surface area contributed by atoms with Gasteiger partial charge in [0.15, 0.2) is 0 Å². The number of pyridine rings is 1. The van der Waals surface area contributed by atoms with Gasteiger partial charge in [-0.25, -0.2) is 9.97 Å². The topological polar surface area (TPSA) is 96.0 Å². The number of nitrogens with one attached hydrogen (secondary N) is 2. The number of carbonyl (C=O) groups is 1. The van der Waals surface area contributed by atoms with Crippen LogP contribution in [-0.2, 0) is 32.2 Å². The van der Waals surface area contributed by atoms with Crippen LogP contribution < -0.4 is 10.1 Å². The molecule has 0 radical (unpaired) electrons. The fourth-order valence-corrected chi connectivity index (χ4v) is 4.99. The lowest BCUT2D eigenvalue weighted by atomic mass is 9.88. The molecule has 9 heteroatoms. The summed E-state index contributed by atoms with van der Waals surface area (Å²) in [4.78, 5) is 31.4. The third-order valence-corrected chi connectivity index (χ3v) is 6.50. The van der Waals surface area contributed by atoms with Crippen LogP contribution in [-0.4, -0.2) is 50.9 Å². The van der Waals surface area contributed by atoms with Gasteiger partial charge in [0.05, 0.1) is 22.5 Å². The van der Waals surface area contributed by atoms with E-state index in [9.17, 15) is 4.79 Å². The molecule has 0 spiro atoms. The van der Waals surface area contributed by atoms with Crippen molar-refractivity contribution in [2.24, 2.45) is 0 Å². The lowest BCUT2D eigenvalue weighted by Gasteiger charge is -2.25. The summed E-state index contributed by atoms with van der Waals surface area (Å²) in [5.41, 5.74) is 7.95. The highest BCUT2D eigenvalue weighted by molar-refractivity contribution is 6.28. The van der Waals surface area contributed by atoms with Gasteiger partial charge in [-0.15, -0.1) is 0 Å². The number of halogens is 1. The average molecular weight is 437 g/mol. The van der Waals surface area contributed by atoms with Gasteiger partial charge in [-0.1, -0.05) is 0 Å². The van der Waals surface area contributed by atoms with E-state index in [1.807, 2.05) is 12.3 Å². The Bertz CT molecular complexity index is 1240. The van der Waals surface area contributed by atoms with E-state index in [0.29, 0.717) is 24.8 Å². The van der Waals surface area contributed by atoms with E-state index < -0.39 is 0 Å². The van der Waals surface area contributed by atoms with Gasteiger partial charge in [-0.05, 0) is 42.6 Å². The molecular formula is C22H21ClN6O2. The summed E-state index contributed by atoms with van der Waals surface area (Å²) in [6.45, 7) is 2.29. The van der Waals surface area contributed by atoms with E-state index in [1.165, 1.54) is 0 Å². The molecule has 2 N–H and O–H groups in total. The number of rotatable bonds is 2. The van der Waals surface area contributed by atoms with Crippen molar-refractivity contribution in [3.63, 3.8) is 0 Å². The van der Waals surface area contributed by atoms with Gasteiger partial charge in [0.25, 0.3) is 5.91 Å². The fraction of sp³-hybridized carbons (Fsp3) is 0.364. The van der Waals surface area contributed by atoms with Crippen molar-refractivity contribution < 1.29 is 9.53 Å². The molecule has 1 aliphatic carbocycles. The molecule has 0 fully saturated rings. The van der Waals surface area contributed by atoms with Gasteiger partial charge in [-0.3, -0.25) is 4.79 Å². The first-order chi connectivity index (χ1) is 15.1. The molecule has 158 valence electrons. The Labute approximate surface area is 184 Å². The molecular weight excluding hydrogens is 416 g/mol. The monoisotopic (exact) mass is 436 g/mol. The number of aromatic amines is 1. The van der Waals surface area contributed by atoms with E-state index >= 15 is 0 Å². The smallest absolute Gasteiger partial charge is 0.253 e. The number of carbonyl (C=O) groups excluding carboxylic acids is 1. The second kappa shape index (κ2) is 7.03. The second-order valence-corrected chi connectivity index (χ2v) is 8.67. The van der Waals surface area contributed by atoms with Gasteiger partial charge in [0.2, 0.25) is 17.0 Å². The molecule has 6 rings (SSSR count). The van der Waals surface area contributed by atoms with Gasteiger partial charge in [0, 0.05) is 56.0 Å². The molecule has 5 heterocycles. The Hall–Kier alpha value is -2.97. The minimum absolute atomic E-state index is 0.0131. The van der Waals surface area contributed by atoms with Gasteiger partial charge in [0.1, 0.15) is 0 Å². The van der Waals surface area contributed by atoms with Crippen LogP contribution in [0, 0.1) is 0 Å². The quantitative estimate of drug-likeness (QED) is 0.599. The van der Waals surface area contributed by atoms with Crippen molar-refractivity contribution >= 4 is 17.5 Å². The molecule has 3 aliphatic rings. The first kappa shape index (κ1) is 18.8. The molecule has 31 heavy (non-hydrogen) atoms. The summed E-state index contributed by atoms with van der Waals surface area (Å²) >= 11 is 6.16. The van der Waals surface area contributed by atoms with E-state index in [4.69, 9.17) is 16.3 Å². The SMILES string of the molecule is CN1CCc2nc(Cl)nc(Oc3cc4c(cn3)CCc3c-4[nH]c4c3C(=O)NCC4)c2C1. The number of ether oxygens (including phenoxy) is 1. The molecule has 0 unspecified atom stereocenters. The maximum atomic E-state index is 12.4. The number of hydrogen-bond acceptors (Lipinski definition) is 6. The first-order valence-corrected chi connectivity index (χ1v) is 10.9. The predicted octanol–water partition coefficient (Wildman–Crippen LogP) is 2.68. The molecule has 8 nitrogen and oxygen atoms in total. The maximum Gasteiger partial charge on any atom is 0.253 e. The number of aryl methyl sites for hydroxylation is 1. The van der Waals surface area contributed by atoms with Crippen LogP contribution in [0.1, 0.15) is 38.4 Å². The van der Waals surface area contributed by atoms with Crippen molar-refractivity contribution in [1.29, 1.82) is 0 Å². The van der Waals surface area contributed by atoms with Crippen LogP contribution in [0.25, 0.3) is 11.3 Å². The van der Waals surface area contributed by atoms with Crippen LogP contribution in [0.4, 0.5) is 0 Å². The lowest BCUT2D eigenvalue weighted by Crippen LogP contribution is -2.32. The number of hydrogen-bond donors (Lipinski definition) is 2. The van der Waals surface area contributed by atoms with Gasteiger partial charge in [-0.2, -0.15) is 4.98 Å². The summed E-state index contributed by atoms with van der Waals surface area (Å²) in [5, 5.41) is 3.14. The van der Waals surface area contributed by atoms with E-state index in [2.05, 4.69) is 37.2 Å². The lowest BCUT2D eigenvalue weighted by molar-refractivity contribution is 0.0945. The Morgan fingerprint density at radius 2 is 2.06 bits per heavy atom. The molecule has 3 aromatic heterocycles. The molecule has 3 aromatic rings. The zero-order valence-electron chi connectivity index (χ0n) is 17.1. The van der Waals surface area contributed by atoms with E-state index in [0.717, 1.165) is 77.1 Å². The number of amides is 1. The molecule has 0 saturated heterocycles. The fourth-order valence-electron chi connectivity index (χ4n) is 4.81. The van der Waals surface area contributed by atoms with Crippen LogP contribution in [0.2, 0.25) is 5.28 Å². The van der Waals surface area contributed by atoms with Gasteiger partial charge < -0.3 is 19.9 Å². The molecule has 0 bridgehead atoms. The van der Waals surface area contributed by atoms with E-state index in [1.54, 1.807) is 0 Å². The molecule has 2 aliphatic heterocycles. The normalized spacial score (nSPS) is 17.3. The maximum absolute atomic E-state index is 12.4. The predicted molar refractivity (Wildman–Crippen MR) is 115 cm³/mol. The molecule has 0 saturated carbocycles. The van der Waals surface area contributed by atoms with Crippen molar-refractivity contribution in [3.05, 3.63) is 51.2 Å². The summed E-state index contributed by atoms with van der Waals surface area (Å²) in [6, 6.07) is 1.93. The van der Waals surface area contributed by atoms with Crippen molar-refractivity contribution in [2.45, 2.75) is 32.2 Å². The highest BCUT2D eigenvalue weighted by Crippen LogP contribution is 2.39. The van der Waals surface area contributed by atoms with Crippen molar-refractivity contribution in [1.82, 2.24) is 30.2 Å². The highest BCUT2D eigenvalue weighted by atomic mass is 35.5. The van der Waals surface area contributed by atoms with Crippen molar-refractivity contribution in [3.8, 4) is 23.0 Å². The Morgan fingerprint density at radius 3 is 2.97 bits per heavy atom. The zero-order valence-corrected chi connectivity index (χ0v) is 17.8. The largest absolute Gasteiger partial charge is 0.420 e. The Balaban J connectivity index is 1.40. The van der Waals surface area contributed by atoms with Crippen LogP contribution in [0.5, 0.6) is 11.8 Å². The standard InChI is InChI=1S/C22H21ClN6O2/c1-29-7-5-15-14(10-29)21(28-22(23)27-15)31-17-8-13-11(9-25-17)2-3-12-18-16(26-19(12)13)4-6-24-20(18)30/h8-9,26H,2-7,10H2,1H3,(H,24,30). The van der Waals surface area contributed by atoms with Crippen LogP contribution in [0.3, 0.4) is 0 Å². The van der Waals surface area contributed by atoms with Crippen molar-refractivity contribution in [2.75, 3.05) is 20.1 Å². The number of H-pyrrole nitrogens is 1. The number of nitrogens with zero attached hydrogens (tertiary/aromatic N) is 4. The van der Waals surface area contributed by atoms with Crippen LogP contribution >= 0.6 is 11.6 Å². The van der Waals surface area contributed by atoms with E-state index in [-0.39, 0.29) is 11.2 Å². The number of likely N-dealkylation sites (N-methyl/N-ethyl adjacent to an activating group) is 1. The van der Waals surface area contributed by atoms with Crippen LogP contribution in [0.15, 0.2) is 12.3 Å². The number of aromatic nitrogens is 4. The molecule has 1 amide bonds. The minimum Gasteiger partial charge on any atom is -0.420 e. The summed E-state index contributed by atoms with van der Waals surface area (Å²) in [6.07, 6.45) is 5.14. The average Bonchev–Trinajstić information content (AvgIpc) is 3.15. The van der Waals surface area contributed by atoms with Gasteiger partial charge >= 0.3 is 0 Å². The minimum atomic E-state index is 0.0131. The zero-order chi connectivity index (χ0) is 21.1. The number of fused-ring (bicyclic) bond motifs is 6. The summed E-state index contributed by atoms with van der Waals surface area (Å²) in [5.74, 6) is 0.920. The first-order valence-electron chi connectivity index (χ1n) is 10.5. The third kappa shape index (κ3) is 3.09. The Kier molecular flexibility index (Phi) is 4.26.